The Labute approximate surface area is 182 Å². The number of hydrogen-bond acceptors (Lipinski definition) is 4. The number of hydrogen-bond donors (Lipinski definition) is 1. The molecule has 3 rings (SSSR count). The van der Waals surface area contributed by atoms with E-state index < -0.39 is 0 Å². The van der Waals surface area contributed by atoms with E-state index in [-0.39, 0.29) is 24.5 Å². The Kier molecular flexibility index (Phi) is 7.52. The van der Waals surface area contributed by atoms with Crippen molar-refractivity contribution in [2.45, 2.75) is 26.3 Å². The minimum absolute atomic E-state index is 0.0121. The molecule has 0 saturated heterocycles. The molecule has 0 unspecified atom stereocenters. The molecule has 0 saturated carbocycles. The summed E-state index contributed by atoms with van der Waals surface area (Å²) in [6.07, 6.45) is 2.46. The van der Waals surface area contributed by atoms with Crippen LogP contribution in [0.15, 0.2) is 48.4 Å². The summed E-state index contributed by atoms with van der Waals surface area (Å²) in [4.78, 5) is 30.2. The SMILES string of the molecule is C=CCN(CC(=O)N1CCc2sccc2[C@@H]1COc1ccccc1C)C(=O)NCC. The number of urea groups is 1. The fourth-order valence-electron chi connectivity index (χ4n) is 3.65. The van der Waals surface area contributed by atoms with Crippen molar-refractivity contribution in [1.82, 2.24) is 15.1 Å². The van der Waals surface area contributed by atoms with Crippen molar-refractivity contribution in [3.63, 3.8) is 0 Å². The van der Waals surface area contributed by atoms with Crippen LogP contribution in [0.4, 0.5) is 4.79 Å². The Balaban J connectivity index is 1.77. The molecule has 1 aliphatic rings. The van der Waals surface area contributed by atoms with Crippen molar-refractivity contribution in [2.75, 3.05) is 32.8 Å². The molecule has 2 heterocycles. The highest BCUT2D eigenvalue weighted by Crippen LogP contribution is 2.34. The van der Waals surface area contributed by atoms with Crippen molar-refractivity contribution >= 4 is 23.3 Å². The Morgan fingerprint density at radius 3 is 2.90 bits per heavy atom. The molecule has 1 N–H and O–H groups in total. The number of fused-ring (bicyclic) bond motifs is 1. The van der Waals surface area contributed by atoms with Gasteiger partial charge in [0.1, 0.15) is 18.9 Å². The van der Waals surface area contributed by atoms with Gasteiger partial charge in [-0.25, -0.2) is 4.79 Å². The summed E-state index contributed by atoms with van der Waals surface area (Å²) < 4.78 is 6.12. The molecule has 2 aromatic rings. The normalized spacial score (nSPS) is 15.3. The molecule has 0 aliphatic carbocycles. The van der Waals surface area contributed by atoms with Crippen molar-refractivity contribution in [2.24, 2.45) is 0 Å². The van der Waals surface area contributed by atoms with Crippen LogP contribution in [0, 0.1) is 6.92 Å². The lowest BCUT2D eigenvalue weighted by Gasteiger charge is -2.37. The molecule has 3 amide bonds. The summed E-state index contributed by atoms with van der Waals surface area (Å²) >= 11 is 1.72. The maximum atomic E-state index is 13.2. The Morgan fingerprint density at radius 2 is 2.17 bits per heavy atom. The van der Waals surface area contributed by atoms with Gasteiger partial charge in [-0.1, -0.05) is 24.3 Å². The summed E-state index contributed by atoms with van der Waals surface area (Å²) in [5.41, 5.74) is 2.20. The fraction of sp³-hybridized carbons (Fsp3) is 0.391. The minimum atomic E-state index is -0.258. The average Bonchev–Trinajstić information content (AvgIpc) is 3.22. The standard InChI is InChI=1S/C23H29N3O3S/c1-4-12-25(23(28)24-5-2)15-22(27)26-13-10-21-18(11-14-30-21)19(26)16-29-20-9-7-6-8-17(20)3/h4,6-9,11,14,19H,1,5,10,12-13,15-16H2,2-3H3,(H,24,28)/t19-/m0/s1. The predicted molar refractivity (Wildman–Crippen MR) is 120 cm³/mol. The van der Waals surface area contributed by atoms with E-state index in [0.29, 0.717) is 26.2 Å². The summed E-state index contributed by atoms with van der Waals surface area (Å²) in [6.45, 7) is 9.40. The molecule has 1 aromatic heterocycles. The second kappa shape index (κ2) is 10.3. The van der Waals surface area contributed by atoms with Gasteiger partial charge in [0, 0.05) is 24.5 Å². The number of amides is 3. The number of benzene rings is 1. The summed E-state index contributed by atoms with van der Waals surface area (Å²) in [5, 5.41) is 4.83. The molecule has 0 spiro atoms. The van der Waals surface area contributed by atoms with Crippen molar-refractivity contribution in [1.29, 1.82) is 0 Å². The highest BCUT2D eigenvalue weighted by atomic mass is 32.1. The first kappa shape index (κ1) is 21.9. The number of carbonyl (C=O) groups is 2. The third kappa shape index (κ3) is 5.02. The molecular formula is C23H29N3O3S. The molecule has 30 heavy (non-hydrogen) atoms. The van der Waals surface area contributed by atoms with E-state index >= 15 is 0 Å². The van der Waals surface area contributed by atoms with Gasteiger partial charge in [-0.05, 0) is 48.9 Å². The van der Waals surface area contributed by atoms with Crippen LogP contribution in [-0.4, -0.2) is 54.5 Å². The van der Waals surface area contributed by atoms with Crippen LogP contribution in [0.3, 0.4) is 0 Å². The lowest BCUT2D eigenvalue weighted by atomic mass is 10.0. The van der Waals surface area contributed by atoms with Gasteiger partial charge in [-0.3, -0.25) is 4.79 Å². The molecular weight excluding hydrogens is 398 g/mol. The zero-order valence-corrected chi connectivity index (χ0v) is 18.4. The van der Waals surface area contributed by atoms with Gasteiger partial charge in [0.2, 0.25) is 5.91 Å². The smallest absolute Gasteiger partial charge is 0.318 e. The van der Waals surface area contributed by atoms with Crippen molar-refractivity contribution in [3.8, 4) is 5.75 Å². The van der Waals surface area contributed by atoms with E-state index in [9.17, 15) is 9.59 Å². The highest BCUT2D eigenvalue weighted by molar-refractivity contribution is 7.10. The zero-order valence-electron chi connectivity index (χ0n) is 17.6. The number of nitrogens with zero attached hydrogens (tertiary/aromatic N) is 2. The molecule has 0 fully saturated rings. The number of nitrogens with one attached hydrogen (secondary N) is 1. The maximum absolute atomic E-state index is 13.2. The van der Waals surface area contributed by atoms with Crippen LogP contribution < -0.4 is 10.1 Å². The topological polar surface area (TPSA) is 61.9 Å². The number of ether oxygens (including phenoxy) is 1. The summed E-state index contributed by atoms with van der Waals surface area (Å²) in [5.74, 6) is 0.737. The lowest BCUT2D eigenvalue weighted by Crippen LogP contribution is -2.49. The largest absolute Gasteiger partial charge is 0.491 e. The number of carbonyl (C=O) groups excluding carboxylic acids is 2. The molecule has 7 heteroatoms. The highest BCUT2D eigenvalue weighted by Gasteiger charge is 2.33. The van der Waals surface area contributed by atoms with Crippen molar-refractivity contribution in [3.05, 3.63) is 64.4 Å². The van der Waals surface area contributed by atoms with E-state index in [0.717, 1.165) is 23.3 Å². The second-order valence-corrected chi connectivity index (χ2v) is 8.23. The van der Waals surface area contributed by atoms with Crippen molar-refractivity contribution < 1.29 is 14.3 Å². The Bertz CT molecular complexity index is 895. The third-order valence-electron chi connectivity index (χ3n) is 5.20. The molecule has 6 nitrogen and oxygen atoms in total. The van der Waals surface area contributed by atoms with Crippen LogP contribution >= 0.6 is 11.3 Å². The minimum Gasteiger partial charge on any atom is -0.491 e. The van der Waals surface area contributed by atoms with Gasteiger partial charge in [-0.2, -0.15) is 0 Å². The van der Waals surface area contributed by atoms with E-state index in [4.69, 9.17) is 4.74 Å². The molecule has 0 bridgehead atoms. The van der Waals surface area contributed by atoms with Crippen LogP contribution in [0.1, 0.15) is 29.0 Å². The fourth-order valence-corrected chi connectivity index (χ4v) is 4.58. The number of thiophene rings is 1. The van der Waals surface area contributed by atoms with Gasteiger partial charge in [0.25, 0.3) is 0 Å². The quantitative estimate of drug-likeness (QED) is 0.652. The summed E-state index contributed by atoms with van der Waals surface area (Å²) in [6, 6.07) is 9.52. The van der Waals surface area contributed by atoms with Crippen LogP contribution in [-0.2, 0) is 11.2 Å². The van der Waals surface area contributed by atoms with Gasteiger partial charge in [0.05, 0.1) is 6.04 Å². The molecule has 1 aliphatic heterocycles. The third-order valence-corrected chi connectivity index (χ3v) is 6.19. The number of aryl methyl sites for hydroxylation is 1. The zero-order chi connectivity index (χ0) is 21.5. The van der Waals surface area contributed by atoms with E-state index in [1.807, 2.05) is 43.0 Å². The second-order valence-electron chi connectivity index (χ2n) is 7.23. The van der Waals surface area contributed by atoms with E-state index in [1.165, 1.54) is 9.78 Å². The molecule has 160 valence electrons. The van der Waals surface area contributed by atoms with Gasteiger partial charge in [0.15, 0.2) is 0 Å². The Morgan fingerprint density at radius 1 is 1.37 bits per heavy atom. The van der Waals surface area contributed by atoms with E-state index in [2.05, 4.69) is 23.3 Å². The molecule has 1 aromatic carbocycles. The van der Waals surface area contributed by atoms with Crippen LogP contribution in [0.5, 0.6) is 5.75 Å². The molecule has 1 atom stereocenters. The first-order valence-corrected chi connectivity index (χ1v) is 11.1. The summed E-state index contributed by atoms with van der Waals surface area (Å²) in [7, 11) is 0. The lowest BCUT2D eigenvalue weighted by molar-refractivity contribution is -0.135. The van der Waals surface area contributed by atoms with Crippen LogP contribution in [0.25, 0.3) is 0 Å². The average molecular weight is 428 g/mol. The van der Waals surface area contributed by atoms with Crippen LogP contribution in [0.2, 0.25) is 0 Å². The monoisotopic (exact) mass is 427 g/mol. The maximum Gasteiger partial charge on any atom is 0.318 e. The first-order chi connectivity index (χ1) is 14.5. The number of rotatable bonds is 8. The number of para-hydroxylation sites is 1. The molecule has 0 radical (unpaired) electrons. The van der Waals surface area contributed by atoms with Gasteiger partial charge >= 0.3 is 6.03 Å². The Hall–Kier alpha value is -2.80. The van der Waals surface area contributed by atoms with Gasteiger partial charge < -0.3 is 19.9 Å². The van der Waals surface area contributed by atoms with E-state index in [1.54, 1.807) is 17.4 Å². The first-order valence-electron chi connectivity index (χ1n) is 10.2. The van der Waals surface area contributed by atoms with Gasteiger partial charge in [-0.15, -0.1) is 17.9 Å². The predicted octanol–water partition coefficient (Wildman–Crippen LogP) is 3.78.